The molecule has 3 aromatic rings. The van der Waals surface area contributed by atoms with Gasteiger partial charge in [-0.05, 0) is 35.9 Å². The van der Waals surface area contributed by atoms with Gasteiger partial charge in [0.05, 0.1) is 14.2 Å². The van der Waals surface area contributed by atoms with Crippen LogP contribution < -0.4 is 14.8 Å². The van der Waals surface area contributed by atoms with Gasteiger partial charge in [-0.3, -0.25) is 4.98 Å². The normalized spacial score (nSPS) is 15.6. The molecule has 7 nitrogen and oxygen atoms in total. The Morgan fingerprint density at radius 3 is 2.71 bits per heavy atom. The lowest BCUT2D eigenvalue weighted by molar-refractivity contribution is 0.181. The number of carbonyl (C=O) groups excluding carboxylic acids is 1. The number of hydrogen-bond donors (Lipinski definition) is 1. The second-order valence-corrected chi connectivity index (χ2v) is 6.51. The molecule has 4 rings (SSSR count). The van der Waals surface area contributed by atoms with Crippen LogP contribution in [0.15, 0.2) is 61.1 Å². The maximum atomic E-state index is 13.2. The average Bonchev–Trinajstić information content (AvgIpc) is 3.22. The maximum Gasteiger partial charge on any atom is 0.322 e. The lowest BCUT2D eigenvalue weighted by Crippen LogP contribution is -2.44. The lowest BCUT2D eigenvalue weighted by atomic mass is 10.0. The number of urea groups is 1. The van der Waals surface area contributed by atoms with E-state index >= 15 is 0 Å². The van der Waals surface area contributed by atoms with Gasteiger partial charge in [0, 0.05) is 49.1 Å². The standard InChI is InChI=1S/C21H22N4O3/c1-27-18-8-7-16(13-19(18)28-2)23-21(26)25-12-11-24-10-4-6-17(24)20(25)15-5-3-9-22-14-15/h3-10,13-14,20H,11-12H2,1-2H3,(H,23,26)/t20-/m0/s1. The Bertz CT molecular complexity index is 971. The molecule has 0 saturated heterocycles. The summed E-state index contributed by atoms with van der Waals surface area (Å²) < 4.78 is 12.8. The topological polar surface area (TPSA) is 68.6 Å². The first-order valence-corrected chi connectivity index (χ1v) is 9.06. The average molecular weight is 378 g/mol. The van der Waals surface area contributed by atoms with Crippen LogP contribution in [0, 0.1) is 0 Å². The summed E-state index contributed by atoms with van der Waals surface area (Å²) in [5.41, 5.74) is 2.69. The summed E-state index contributed by atoms with van der Waals surface area (Å²) in [7, 11) is 3.15. The van der Waals surface area contributed by atoms with Crippen molar-refractivity contribution in [1.82, 2.24) is 14.5 Å². The summed E-state index contributed by atoms with van der Waals surface area (Å²) in [5.74, 6) is 1.18. The van der Waals surface area contributed by atoms with E-state index in [1.54, 1.807) is 38.6 Å². The fourth-order valence-electron chi connectivity index (χ4n) is 3.60. The number of aromatic nitrogens is 2. The van der Waals surface area contributed by atoms with Crippen molar-refractivity contribution in [2.45, 2.75) is 12.6 Å². The molecule has 2 amide bonds. The smallest absolute Gasteiger partial charge is 0.322 e. The van der Waals surface area contributed by atoms with Gasteiger partial charge in [0.25, 0.3) is 0 Å². The molecule has 28 heavy (non-hydrogen) atoms. The van der Waals surface area contributed by atoms with E-state index in [1.165, 1.54) is 0 Å². The zero-order valence-corrected chi connectivity index (χ0v) is 15.8. The summed E-state index contributed by atoms with van der Waals surface area (Å²) in [6, 6.07) is 12.9. The van der Waals surface area contributed by atoms with E-state index < -0.39 is 0 Å². The fraction of sp³-hybridized carbons (Fsp3) is 0.238. The molecule has 144 valence electrons. The number of nitrogens with zero attached hydrogens (tertiary/aromatic N) is 3. The molecule has 2 aromatic heterocycles. The number of anilines is 1. The Kier molecular flexibility index (Phi) is 4.89. The molecule has 7 heteroatoms. The van der Waals surface area contributed by atoms with Crippen LogP contribution in [0.5, 0.6) is 11.5 Å². The molecule has 0 aliphatic carbocycles. The molecule has 0 radical (unpaired) electrons. The molecule has 1 aliphatic rings. The largest absolute Gasteiger partial charge is 0.493 e. The molecule has 1 aliphatic heterocycles. The van der Waals surface area contributed by atoms with Crippen molar-refractivity contribution in [3.05, 3.63) is 72.3 Å². The first kappa shape index (κ1) is 17.9. The zero-order valence-electron chi connectivity index (χ0n) is 15.8. The van der Waals surface area contributed by atoms with Crippen LogP contribution in [-0.4, -0.2) is 41.2 Å². The summed E-state index contributed by atoms with van der Waals surface area (Å²) >= 11 is 0. The summed E-state index contributed by atoms with van der Waals surface area (Å²) in [4.78, 5) is 19.2. The monoisotopic (exact) mass is 378 g/mol. The number of methoxy groups -OCH3 is 2. The highest BCUT2D eigenvalue weighted by atomic mass is 16.5. The number of fused-ring (bicyclic) bond motifs is 1. The van der Waals surface area contributed by atoms with E-state index in [-0.39, 0.29) is 12.1 Å². The van der Waals surface area contributed by atoms with Gasteiger partial charge in [-0.1, -0.05) is 6.07 Å². The Morgan fingerprint density at radius 2 is 1.96 bits per heavy atom. The minimum Gasteiger partial charge on any atom is -0.493 e. The van der Waals surface area contributed by atoms with Gasteiger partial charge in [0.2, 0.25) is 0 Å². The third-order valence-electron chi connectivity index (χ3n) is 4.93. The highest BCUT2D eigenvalue weighted by Crippen LogP contribution is 2.33. The molecule has 0 saturated carbocycles. The Balaban J connectivity index is 1.63. The van der Waals surface area contributed by atoms with Crippen molar-refractivity contribution >= 4 is 11.7 Å². The Labute approximate surface area is 163 Å². The van der Waals surface area contributed by atoms with Crippen LogP contribution in [0.2, 0.25) is 0 Å². The molecular formula is C21H22N4O3. The van der Waals surface area contributed by atoms with Crippen LogP contribution in [0.3, 0.4) is 0 Å². The van der Waals surface area contributed by atoms with Gasteiger partial charge < -0.3 is 24.3 Å². The summed E-state index contributed by atoms with van der Waals surface area (Å²) in [5, 5.41) is 2.98. The molecule has 0 spiro atoms. The number of pyridine rings is 1. The quantitative estimate of drug-likeness (QED) is 0.754. The number of ether oxygens (including phenoxy) is 2. The van der Waals surface area contributed by atoms with Gasteiger partial charge in [0.15, 0.2) is 11.5 Å². The van der Waals surface area contributed by atoms with Crippen LogP contribution in [0.4, 0.5) is 10.5 Å². The van der Waals surface area contributed by atoms with Crippen LogP contribution in [0.1, 0.15) is 17.3 Å². The van der Waals surface area contributed by atoms with E-state index in [9.17, 15) is 4.79 Å². The Hall–Kier alpha value is -3.48. The number of amides is 2. The fourth-order valence-corrected chi connectivity index (χ4v) is 3.60. The van der Waals surface area contributed by atoms with Crippen molar-refractivity contribution in [2.24, 2.45) is 0 Å². The number of carbonyl (C=O) groups is 1. The molecule has 1 N–H and O–H groups in total. The number of nitrogens with one attached hydrogen (secondary N) is 1. The first-order chi connectivity index (χ1) is 13.7. The highest BCUT2D eigenvalue weighted by Gasteiger charge is 2.32. The number of benzene rings is 1. The number of hydrogen-bond acceptors (Lipinski definition) is 4. The Morgan fingerprint density at radius 1 is 1.11 bits per heavy atom. The molecule has 0 bridgehead atoms. The van der Waals surface area contributed by atoms with Crippen LogP contribution in [-0.2, 0) is 6.54 Å². The minimum atomic E-state index is -0.197. The summed E-state index contributed by atoms with van der Waals surface area (Å²) in [6.45, 7) is 1.35. The van der Waals surface area contributed by atoms with Gasteiger partial charge in [-0.15, -0.1) is 0 Å². The predicted molar refractivity (Wildman–Crippen MR) is 106 cm³/mol. The highest BCUT2D eigenvalue weighted by molar-refractivity contribution is 5.90. The second-order valence-electron chi connectivity index (χ2n) is 6.51. The maximum absolute atomic E-state index is 13.2. The van der Waals surface area contributed by atoms with Crippen LogP contribution >= 0.6 is 0 Å². The van der Waals surface area contributed by atoms with Crippen molar-refractivity contribution in [3.63, 3.8) is 0 Å². The number of rotatable bonds is 4. The van der Waals surface area contributed by atoms with Gasteiger partial charge in [-0.2, -0.15) is 0 Å². The molecular weight excluding hydrogens is 356 g/mol. The molecule has 3 heterocycles. The van der Waals surface area contributed by atoms with E-state index in [0.29, 0.717) is 23.7 Å². The molecule has 1 atom stereocenters. The third-order valence-corrected chi connectivity index (χ3v) is 4.93. The van der Waals surface area contributed by atoms with Crippen molar-refractivity contribution in [3.8, 4) is 11.5 Å². The zero-order chi connectivity index (χ0) is 19.5. The van der Waals surface area contributed by atoms with Gasteiger partial charge in [-0.25, -0.2) is 4.79 Å². The van der Waals surface area contributed by atoms with E-state index in [2.05, 4.69) is 14.9 Å². The van der Waals surface area contributed by atoms with Crippen molar-refractivity contribution in [1.29, 1.82) is 0 Å². The molecule has 0 fully saturated rings. The molecule has 0 unspecified atom stereocenters. The SMILES string of the molecule is COc1ccc(NC(=O)N2CCn3cccc3[C@@H]2c2cccnc2)cc1OC. The van der Waals surface area contributed by atoms with E-state index in [1.807, 2.05) is 41.6 Å². The van der Waals surface area contributed by atoms with E-state index in [0.717, 1.165) is 17.8 Å². The van der Waals surface area contributed by atoms with E-state index in [4.69, 9.17) is 9.47 Å². The van der Waals surface area contributed by atoms with Gasteiger partial charge in [0.1, 0.15) is 6.04 Å². The van der Waals surface area contributed by atoms with Crippen molar-refractivity contribution in [2.75, 3.05) is 26.1 Å². The van der Waals surface area contributed by atoms with Crippen molar-refractivity contribution < 1.29 is 14.3 Å². The first-order valence-electron chi connectivity index (χ1n) is 9.06. The summed E-state index contributed by atoms with van der Waals surface area (Å²) in [6.07, 6.45) is 5.59. The predicted octanol–water partition coefficient (Wildman–Crippen LogP) is 3.54. The lowest BCUT2D eigenvalue weighted by Gasteiger charge is -2.37. The third kappa shape index (κ3) is 3.26. The molecule has 1 aromatic carbocycles. The minimum absolute atomic E-state index is 0.173. The second kappa shape index (κ2) is 7.64. The van der Waals surface area contributed by atoms with Gasteiger partial charge >= 0.3 is 6.03 Å². The van der Waals surface area contributed by atoms with Crippen LogP contribution in [0.25, 0.3) is 0 Å².